The molecule has 0 amide bonds. The van der Waals surface area contributed by atoms with Gasteiger partial charge < -0.3 is 4.98 Å². The number of aromatic amines is 1. The van der Waals surface area contributed by atoms with Gasteiger partial charge >= 0.3 is 0 Å². The van der Waals surface area contributed by atoms with Crippen molar-refractivity contribution >= 4 is 0 Å². The molecule has 0 aliphatic carbocycles. The summed E-state index contributed by atoms with van der Waals surface area (Å²) in [6.07, 6.45) is 8.72. The molecule has 1 N–H and O–H groups in total. The summed E-state index contributed by atoms with van der Waals surface area (Å²) in [5.41, 5.74) is 2.86. The molecule has 1 aliphatic rings. The lowest BCUT2D eigenvalue weighted by Gasteiger charge is -2.36. The Hall–Kier alpha value is -2.73. The molecule has 1 saturated heterocycles. The number of hydrogen-bond acceptors (Lipinski definition) is 4. The third-order valence-corrected chi connectivity index (χ3v) is 5.52. The fourth-order valence-electron chi connectivity index (χ4n) is 4.12. The molecule has 2 aromatic heterocycles. The highest BCUT2D eigenvalue weighted by Gasteiger charge is 2.23. The number of H-pyrrole nitrogens is 1. The zero-order valence-electron chi connectivity index (χ0n) is 16.3. The second-order valence-corrected chi connectivity index (χ2v) is 7.57. The number of piperidine rings is 1. The minimum atomic E-state index is -0.104. The van der Waals surface area contributed by atoms with Gasteiger partial charge in [-0.15, -0.1) is 0 Å². The number of aromatic nitrogens is 4. The Balaban J connectivity index is 1.54. The molecule has 0 saturated carbocycles. The summed E-state index contributed by atoms with van der Waals surface area (Å²) in [7, 11) is 0. The first-order valence-corrected chi connectivity index (χ1v) is 10.1. The van der Waals surface area contributed by atoms with Crippen LogP contribution in [0.15, 0.2) is 53.6 Å². The normalized spacial score (nSPS) is 17.7. The first kappa shape index (κ1) is 18.6. The Morgan fingerprint density at radius 1 is 1.21 bits per heavy atom. The van der Waals surface area contributed by atoms with E-state index < -0.39 is 0 Å². The van der Waals surface area contributed by atoms with Crippen molar-refractivity contribution in [2.45, 2.75) is 51.7 Å². The van der Waals surface area contributed by atoms with Crippen LogP contribution in [-0.2, 0) is 13.1 Å². The number of likely N-dealkylation sites (tertiary alicyclic amines) is 1. The molecule has 0 radical (unpaired) electrons. The SMILES string of the molecule is Cc1cc(=O)[nH]c(-c2ccccc2CN2CCCCC2CCn2cccn2)n1. The van der Waals surface area contributed by atoms with Gasteiger partial charge in [-0.2, -0.15) is 5.10 Å². The summed E-state index contributed by atoms with van der Waals surface area (Å²) in [5, 5.41) is 4.34. The van der Waals surface area contributed by atoms with Gasteiger partial charge in [-0.3, -0.25) is 14.4 Å². The van der Waals surface area contributed by atoms with Crippen LogP contribution in [0.1, 0.15) is 36.9 Å². The fourth-order valence-corrected chi connectivity index (χ4v) is 4.12. The molecule has 28 heavy (non-hydrogen) atoms. The molecule has 3 aromatic rings. The van der Waals surface area contributed by atoms with E-state index in [1.54, 1.807) is 0 Å². The van der Waals surface area contributed by atoms with Crippen LogP contribution in [-0.4, -0.2) is 37.2 Å². The Morgan fingerprint density at radius 3 is 2.93 bits per heavy atom. The molecule has 6 nitrogen and oxygen atoms in total. The summed E-state index contributed by atoms with van der Waals surface area (Å²) in [6.45, 7) is 4.79. The predicted octanol–water partition coefficient (Wildman–Crippen LogP) is 3.39. The van der Waals surface area contributed by atoms with E-state index in [1.807, 2.05) is 36.1 Å². The highest BCUT2D eigenvalue weighted by Crippen LogP contribution is 2.26. The number of rotatable bonds is 6. The van der Waals surface area contributed by atoms with E-state index in [9.17, 15) is 4.79 Å². The van der Waals surface area contributed by atoms with E-state index in [-0.39, 0.29) is 5.56 Å². The molecule has 1 unspecified atom stereocenters. The smallest absolute Gasteiger partial charge is 0.251 e. The summed E-state index contributed by atoms with van der Waals surface area (Å²) >= 11 is 0. The second kappa shape index (κ2) is 8.52. The van der Waals surface area contributed by atoms with E-state index in [1.165, 1.54) is 30.9 Å². The van der Waals surface area contributed by atoms with Crippen molar-refractivity contribution in [1.29, 1.82) is 0 Å². The van der Waals surface area contributed by atoms with E-state index in [0.717, 1.165) is 37.3 Å². The topological polar surface area (TPSA) is 66.8 Å². The third-order valence-electron chi connectivity index (χ3n) is 5.52. The molecular formula is C22H27N5O. The van der Waals surface area contributed by atoms with Gasteiger partial charge in [-0.05, 0) is 44.4 Å². The van der Waals surface area contributed by atoms with Crippen molar-refractivity contribution in [1.82, 2.24) is 24.6 Å². The maximum absolute atomic E-state index is 11.9. The number of aryl methyl sites for hydroxylation is 2. The molecule has 3 heterocycles. The van der Waals surface area contributed by atoms with Gasteiger partial charge in [0.05, 0.1) is 0 Å². The zero-order valence-corrected chi connectivity index (χ0v) is 16.3. The van der Waals surface area contributed by atoms with Crippen LogP contribution >= 0.6 is 0 Å². The largest absolute Gasteiger partial charge is 0.307 e. The van der Waals surface area contributed by atoms with Crippen molar-refractivity contribution < 1.29 is 0 Å². The molecule has 0 spiro atoms. The van der Waals surface area contributed by atoms with Crippen LogP contribution in [0.4, 0.5) is 0 Å². The van der Waals surface area contributed by atoms with Crippen molar-refractivity contribution in [3.8, 4) is 11.4 Å². The third kappa shape index (κ3) is 4.39. The van der Waals surface area contributed by atoms with Crippen molar-refractivity contribution in [3.63, 3.8) is 0 Å². The summed E-state index contributed by atoms with van der Waals surface area (Å²) < 4.78 is 2.02. The van der Waals surface area contributed by atoms with E-state index in [2.05, 4.69) is 38.2 Å². The summed E-state index contributed by atoms with van der Waals surface area (Å²) in [6, 6.07) is 12.3. The number of nitrogens with one attached hydrogen (secondary N) is 1. The lowest BCUT2D eigenvalue weighted by molar-refractivity contribution is 0.127. The van der Waals surface area contributed by atoms with Crippen molar-refractivity contribution in [2.24, 2.45) is 0 Å². The molecule has 1 aliphatic heterocycles. The van der Waals surface area contributed by atoms with Gasteiger partial charge in [0.1, 0.15) is 5.82 Å². The van der Waals surface area contributed by atoms with Crippen molar-refractivity contribution in [3.05, 3.63) is 70.4 Å². The molecule has 1 atom stereocenters. The van der Waals surface area contributed by atoms with Gasteiger partial charge in [-0.1, -0.05) is 30.7 Å². The molecule has 0 bridgehead atoms. The lowest BCUT2D eigenvalue weighted by atomic mass is 9.97. The van der Waals surface area contributed by atoms with Crippen LogP contribution in [0.2, 0.25) is 0 Å². The van der Waals surface area contributed by atoms with E-state index >= 15 is 0 Å². The van der Waals surface area contributed by atoms with Gasteiger partial charge in [0, 0.05) is 48.8 Å². The molecule has 6 heteroatoms. The predicted molar refractivity (Wildman–Crippen MR) is 110 cm³/mol. The van der Waals surface area contributed by atoms with E-state index in [4.69, 9.17) is 0 Å². The maximum atomic E-state index is 11.9. The van der Waals surface area contributed by atoms with Crippen LogP contribution < -0.4 is 5.56 Å². The zero-order chi connectivity index (χ0) is 19.3. The minimum Gasteiger partial charge on any atom is -0.307 e. The average Bonchev–Trinajstić information content (AvgIpc) is 3.21. The standard InChI is InChI=1S/C22H27N5O/c1-17-15-21(28)25-22(24-17)20-9-3-2-7-18(20)16-26-12-5-4-8-19(26)10-14-27-13-6-11-23-27/h2-3,6-7,9,11,13,15,19H,4-5,8,10,12,14,16H2,1H3,(H,24,25,28). The van der Waals surface area contributed by atoms with Gasteiger partial charge in [0.15, 0.2) is 0 Å². The minimum absolute atomic E-state index is 0.104. The van der Waals surface area contributed by atoms with Crippen molar-refractivity contribution in [2.75, 3.05) is 6.54 Å². The Bertz CT molecular complexity index is 963. The first-order valence-electron chi connectivity index (χ1n) is 10.1. The van der Waals surface area contributed by atoms with E-state index in [0.29, 0.717) is 11.9 Å². The average molecular weight is 377 g/mol. The lowest BCUT2D eigenvalue weighted by Crippen LogP contribution is -2.39. The molecule has 4 rings (SSSR count). The maximum Gasteiger partial charge on any atom is 0.251 e. The number of nitrogens with zero attached hydrogens (tertiary/aromatic N) is 4. The van der Waals surface area contributed by atoms with Crippen LogP contribution in [0.5, 0.6) is 0 Å². The summed E-state index contributed by atoms with van der Waals surface area (Å²) in [4.78, 5) is 22.0. The van der Waals surface area contributed by atoms with Crippen LogP contribution in [0, 0.1) is 6.92 Å². The first-order chi connectivity index (χ1) is 13.7. The highest BCUT2D eigenvalue weighted by atomic mass is 16.1. The monoisotopic (exact) mass is 377 g/mol. The summed E-state index contributed by atoms with van der Waals surface area (Å²) in [5.74, 6) is 0.658. The van der Waals surface area contributed by atoms with Crippen LogP contribution in [0.3, 0.4) is 0 Å². The quantitative estimate of drug-likeness (QED) is 0.715. The fraction of sp³-hybridized carbons (Fsp3) is 0.409. The number of hydrogen-bond donors (Lipinski definition) is 1. The van der Waals surface area contributed by atoms with Gasteiger partial charge in [0.25, 0.3) is 5.56 Å². The Labute approximate surface area is 165 Å². The van der Waals surface area contributed by atoms with Gasteiger partial charge in [0.2, 0.25) is 0 Å². The Kier molecular flexibility index (Phi) is 5.67. The Morgan fingerprint density at radius 2 is 2.11 bits per heavy atom. The number of benzene rings is 1. The highest BCUT2D eigenvalue weighted by molar-refractivity contribution is 5.60. The van der Waals surface area contributed by atoms with Gasteiger partial charge in [-0.25, -0.2) is 4.98 Å². The molecule has 146 valence electrons. The molecule has 1 fully saturated rings. The van der Waals surface area contributed by atoms with Crippen LogP contribution in [0.25, 0.3) is 11.4 Å². The molecule has 1 aromatic carbocycles. The molecular weight excluding hydrogens is 350 g/mol. The second-order valence-electron chi connectivity index (χ2n) is 7.57.